The van der Waals surface area contributed by atoms with E-state index in [0.717, 1.165) is 4.47 Å². The second-order valence-electron chi connectivity index (χ2n) is 2.52. The molecular formula is C9H8BrNO3. The van der Waals surface area contributed by atoms with Gasteiger partial charge in [0.1, 0.15) is 0 Å². The lowest BCUT2D eigenvalue weighted by Crippen LogP contribution is -1.89. The van der Waals surface area contributed by atoms with Crippen molar-refractivity contribution in [2.45, 2.75) is 6.54 Å². The largest absolute Gasteiger partial charge is 0.504 e. The third-order valence-electron chi connectivity index (χ3n) is 1.65. The zero-order valence-electron chi connectivity index (χ0n) is 7.45. The smallest absolute Gasteiger partial charge is 0.235 e. The van der Waals surface area contributed by atoms with E-state index in [9.17, 15) is 9.90 Å². The first kappa shape index (κ1) is 10.8. The highest BCUT2D eigenvalue weighted by Gasteiger charge is 2.08. The molecule has 0 amide bonds. The maximum absolute atomic E-state index is 9.91. The number of methoxy groups -OCH3 is 1. The zero-order valence-corrected chi connectivity index (χ0v) is 9.04. The molecule has 0 radical (unpaired) electrons. The summed E-state index contributed by atoms with van der Waals surface area (Å²) in [5, 5.41) is 9.60. The van der Waals surface area contributed by atoms with Crippen LogP contribution in [0.3, 0.4) is 0 Å². The number of hydrogen-bond acceptors (Lipinski definition) is 4. The number of phenolic OH excluding ortho intramolecular Hbond substituents is 1. The Hall–Kier alpha value is -1.32. The molecule has 1 N–H and O–H groups in total. The van der Waals surface area contributed by atoms with Crippen LogP contribution in [0.5, 0.6) is 11.5 Å². The number of phenols is 1. The van der Waals surface area contributed by atoms with Crippen LogP contribution in [0.2, 0.25) is 0 Å². The fourth-order valence-corrected chi connectivity index (χ4v) is 1.51. The predicted octanol–water partition coefficient (Wildman–Crippen LogP) is 2.00. The van der Waals surface area contributed by atoms with Gasteiger partial charge in [0.15, 0.2) is 11.5 Å². The number of rotatable bonds is 3. The number of nitrogens with zero attached hydrogens (tertiary/aromatic N) is 1. The number of ether oxygens (including phenoxy) is 1. The highest BCUT2D eigenvalue weighted by molar-refractivity contribution is 9.10. The first-order valence-corrected chi connectivity index (χ1v) is 4.57. The van der Waals surface area contributed by atoms with Crippen molar-refractivity contribution >= 4 is 22.0 Å². The molecule has 0 unspecified atom stereocenters. The maximum atomic E-state index is 9.91. The standard InChI is InChI=1S/C9H8BrNO3/c1-14-8-3-7(10)2-6(9(8)13)4-11-5-12/h2-3,13H,4H2,1H3. The lowest BCUT2D eigenvalue weighted by Gasteiger charge is -2.07. The van der Waals surface area contributed by atoms with Crippen LogP contribution in [0.15, 0.2) is 21.6 Å². The number of aromatic hydroxyl groups is 1. The summed E-state index contributed by atoms with van der Waals surface area (Å²) in [6.07, 6.45) is 1.41. The molecule has 0 fully saturated rings. The van der Waals surface area contributed by atoms with Crippen LogP contribution in [-0.4, -0.2) is 18.3 Å². The molecular weight excluding hydrogens is 250 g/mol. The van der Waals surface area contributed by atoms with Crippen molar-refractivity contribution in [2.75, 3.05) is 7.11 Å². The fraction of sp³-hybridized carbons (Fsp3) is 0.222. The first-order valence-electron chi connectivity index (χ1n) is 3.78. The summed E-state index contributed by atoms with van der Waals surface area (Å²) >= 11 is 3.25. The molecule has 14 heavy (non-hydrogen) atoms. The molecule has 4 nitrogen and oxygen atoms in total. The van der Waals surface area contributed by atoms with Crippen molar-refractivity contribution in [2.24, 2.45) is 4.99 Å². The van der Waals surface area contributed by atoms with Gasteiger partial charge in [-0.15, -0.1) is 0 Å². The SMILES string of the molecule is COc1cc(Br)cc(CN=C=O)c1O. The van der Waals surface area contributed by atoms with Gasteiger partial charge in [0.05, 0.1) is 13.7 Å². The van der Waals surface area contributed by atoms with Crippen molar-refractivity contribution in [3.05, 3.63) is 22.2 Å². The molecule has 0 saturated carbocycles. The van der Waals surface area contributed by atoms with E-state index >= 15 is 0 Å². The van der Waals surface area contributed by atoms with Crippen LogP contribution in [0.4, 0.5) is 0 Å². The molecule has 0 spiro atoms. The maximum Gasteiger partial charge on any atom is 0.235 e. The summed E-state index contributed by atoms with van der Waals surface area (Å²) in [6.45, 7) is 0.0884. The number of halogens is 1. The van der Waals surface area contributed by atoms with E-state index < -0.39 is 0 Å². The average Bonchev–Trinajstić information content (AvgIpc) is 2.18. The summed E-state index contributed by atoms with van der Waals surface area (Å²) in [6, 6.07) is 3.29. The van der Waals surface area contributed by atoms with E-state index in [4.69, 9.17) is 4.74 Å². The van der Waals surface area contributed by atoms with Crippen molar-refractivity contribution in [3.63, 3.8) is 0 Å². The van der Waals surface area contributed by atoms with E-state index in [1.807, 2.05) is 0 Å². The van der Waals surface area contributed by atoms with E-state index in [1.54, 1.807) is 12.1 Å². The monoisotopic (exact) mass is 257 g/mol. The van der Waals surface area contributed by atoms with Crippen LogP contribution in [0, 0.1) is 0 Å². The molecule has 0 heterocycles. The molecule has 74 valence electrons. The Morgan fingerprint density at radius 1 is 1.64 bits per heavy atom. The Morgan fingerprint density at radius 2 is 2.36 bits per heavy atom. The van der Waals surface area contributed by atoms with Gasteiger partial charge in [0, 0.05) is 10.0 Å². The van der Waals surface area contributed by atoms with Gasteiger partial charge in [-0.05, 0) is 12.1 Å². The third-order valence-corrected chi connectivity index (χ3v) is 2.11. The highest BCUT2D eigenvalue weighted by Crippen LogP contribution is 2.33. The van der Waals surface area contributed by atoms with Crippen molar-refractivity contribution in [1.29, 1.82) is 0 Å². The molecule has 0 aliphatic carbocycles. The van der Waals surface area contributed by atoms with Crippen molar-refractivity contribution in [1.82, 2.24) is 0 Å². The minimum Gasteiger partial charge on any atom is -0.504 e. The van der Waals surface area contributed by atoms with Crippen LogP contribution in [0.25, 0.3) is 0 Å². The summed E-state index contributed by atoms with van der Waals surface area (Å²) in [7, 11) is 1.45. The van der Waals surface area contributed by atoms with Gasteiger partial charge in [-0.25, -0.2) is 9.79 Å². The summed E-state index contributed by atoms with van der Waals surface area (Å²) < 4.78 is 5.68. The van der Waals surface area contributed by atoms with Gasteiger partial charge in [-0.3, -0.25) is 0 Å². The first-order chi connectivity index (χ1) is 6.69. The Balaban J connectivity index is 3.14. The lowest BCUT2D eigenvalue weighted by molar-refractivity contribution is 0.370. The Morgan fingerprint density at radius 3 is 2.93 bits per heavy atom. The molecule has 0 aliphatic heterocycles. The van der Waals surface area contributed by atoms with Crippen LogP contribution >= 0.6 is 15.9 Å². The minimum atomic E-state index is -0.00491. The average molecular weight is 258 g/mol. The number of carbonyl (C=O) groups excluding carboxylic acids is 1. The Bertz CT molecular complexity index is 386. The van der Waals surface area contributed by atoms with Crippen LogP contribution < -0.4 is 4.74 Å². The Kier molecular flexibility index (Phi) is 3.68. The second kappa shape index (κ2) is 4.79. The summed E-state index contributed by atoms with van der Waals surface area (Å²) in [5.74, 6) is 0.338. The molecule has 0 saturated heterocycles. The number of benzene rings is 1. The van der Waals surface area contributed by atoms with Gasteiger partial charge in [0.2, 0.25) is 6.08 Å². The minimum absolute atomic E-state index is 0.00491. The lowest BCUT2D eigenvalue weighted by atomic mass is 10.2. The topological polar surface area (TPSA) is 58.9 Å². The number of hydrogen-bond donors (Lipinski definition) is 1. The number of aliphatic imine (C=N–C) groups is 1. The Labute approximate surface area is 89.4 Å². The van der Waals surface area contributed by atoms with E-state index in [-0.39, 0.29) is 12.3 Å². The number of isocyanates is 1. The van der Waals surface area contributed by atoms with E-state index in [2.05, 4.69) is 20.9 Å². The normalized spacial score (nSPS) is 9.29. The molecule has 1 aromatic rings. The molecule has 0 bridgehead atoms. The molecule has 0 atom stereocenters. The summed E-state index contributed by atoms with van der Waals surface area (Å²) in [5.41, 5.74) is 0.513. The van der Waals surface area contributed by atoms with Gasteiger partial charge in [-0.2, -0.15) is 0 Å². The van der Waals surface area contributed by atoms with E-state index in [0.29, 0.717) is 11.3 Å². The molecule has 0 aromatic heterocycles. The van der Waals surface area contributed by atoms with Gasteiger partial charge in [0.25, 0.3) is 0 Å². The quantitative estimate of drug-likeness (QED) is 0.666. The van der Waals surface area contributed by atoms with Crippen LogP contribution in [-0.2, 0) is 11.3 Å². The molecule has 1 aromatic carbocycles. The fourth-order valence-electron chi connectivity index (χ4n) is 1.02. The van der Waals surface area contributed by atoms with Crippen molar-refractivity contribution in [3.8, 4) is 11.5 Å². The van der Waals surface area contributed by atoms with Gasteiger partial charge >= 0.3 is 0 Å². The van der Waals surface area contributed by atoms with Gasteiger partial charge in [-0.1, -0.05) is 15.9 Å². The second-order valence-corrected chi connectivity index (χ2v) is 3.44. The molecule has 1 rings (SSSR count). The van der Waals surface area contributed by atoms with E-state index in [1.165, 1.54) is 13.2 Å². The predicted molar refractivity (Wildman–Crippen MR) is 54.2 cm³/mol. The zero-order chi connectivity index (χ0) is 10.6. The highest BCUT2D eigenvalue weighted by atomic mass is 79.9. The third kappa shape index (κ3) is 2.34. The van der Waals surface area contributed by atoms with Gasteiger partial charge < -0.3 is 9.84 Å². The molecule has 0 aliphatic rings. The molecule has 5 heteroatoms. The van der Waals surface area contributed by atoms with Crippen molar-refractivity contribution < 1.29 is 14.6 Å². The van der Waals surface area contributed by atoms with Crippen LogP contribution in [0.1, 0.15) is 5.56 Å². The summed E-state index contributed by atoms with van der Waals surface area (Å²) in [4.78, 5) is 13.3.